The molecule has 0 fully saturated rings. The summed E-state index contributed by atoms with van der Waals surface area (Å²) in [6.45, 7) is 0.556. The Labute approximate surface area is 166 Å². The molecule has 0 unspecified atom stereocenters. The maximum atomic E-state index is 12.8. The van der Waals surface area contributed by atoms with Gasteiger partial charge in [0.2, 0.25) is 0 Å². The SMILES string of the molecule is O=C(NCCSCc1ccco1)c1cc(-c2ccco2)nn1-c1ccccc1. The lowest BCUT2D eigenvalue weighted by molar-refractivity contribution is 0.0948. The minimum absolute atomic E-state index is 0.173. The van der Waals surface area contributed by atoms with E-state index < -0.39 is 0 Å². The highest BCUT2D eigenvalue weighted by atomic mass is 32.2. The van der Waals surface area contributed by atoms with Crippen molar-refractivity contribution in [2.24, 2.45) is 0 Å². The average Bonchev–Trinajstić information content (AvgIpc) is 3.49. The predicted octanol–water partition coefficient (Wildman–Crippen LogP) is 4.39. The van der Waals surface area contributed by atoms with Gasteiger partial charge in [-0.15, -0.1) is 0 Å². The highest BCUT2D eigenvalue weighted by Crippen LogP contribution is 2.22. The second-order valence-electron chi connectivity index (χ2n) is 6.03. The smallest absolute Gasteiger partial charge is 0.270 e. The molecule has 3 aromatic heterocycles. The third-order valence-electron chi connectivity index (χ3n) is 4.07. The summed E-state index contributed by atoms with van der Waals surface area (Å²) in [5, 5.41) is 7.53. The normalized spacial score (nSPS) is 10.9. The lowest BCUT2D eigenvalue weighted by Crippen LogP contribution is -2.27. The van der Waals surface area contributed by atoms with Crippen molar-refractivity contribution < 1.29 is 13.6 Å². The molecule has 1 N–H and O–H groups in total. The Morgan fingerprint density at radius 2 is 1.86 bits per heavy atom. The van der Waals surface area contributed by atoms with E-state index in [-0.39, 0.29) is 5.91 Å². The number of para-hydroxylation sites is 1. The van der Waals surface area contributed by atoms with Crippen LogP contribution in [-0.4, -0.2) is 28.0 Å². The molecular formula is C21H19N3O3S. The number of furan rings is 2. The van der Waals surface area contributed by atoms with E-state index >= 15 is 0 Å². The predicted molar refractivity (Wildman–Crippen MR) is 108 cm³/mol. The van der Waals surface area contributed by atoms with Crippen LogP contribution in [0.1, 0.15) is 16.2 Å². The molecule has 4 aromatic rings. The van der Waals surface area contributed by atoms with Crippen molar-refractivity contribution in [1.29, 1.82) is 0 Å². The summed E-state index contributed by atoms with van der Waals surface area (Å²) in [6, 6.07) is 18.8. The first-order valence-corrected chi connectivity index (χ1v) is 10.0. The number of rotatable bonds is 8. The quantitative estimate of drug-likeness (QED) is 0.450. The largest absolute Gasteiger partial charge is 0.468 e. The molecule has 0 spiro atoms. The van der Waals surface area contributed by atoms with Gasteiger partial charge in [-0.25, -0.2) is 4.68 Å². The fourth-order valence-electron chi connectivity index (χ4n) is 2.75. The molecule has 0 bridgehead atoms. The fraction of sp³-hybridized carbons (Fsp3) is 0.143. The van der Waals surface area contributed by atoms with Crippen molar-refractivity contribution in [2.75, 3.05) is 12.3 Å². The molecule has 1 amide bonds. The molecule has 0 radical (unpaired) electrons. The van der Waals surface area contributed by atoms with Gasteiger partial charge in [0.1, 0.15) is 17.1 Å². The Morgan fingerprint density at radius 3 is 2.61 bits per heavy atom. The van der Waals surface area contributed by atoms with Gasteiger partial charge < -0.3 is 14.2 Å². The van der Waals surface area contributed by atoms with Crippen LogP contribution in [0.5, 0.6) is 0 Å². The lowest BCUT2D eigenvalue weighted by Gasteiger charge is -2.08. The lowest BCUT2D eigenvalue weighted by atomic mass is 10.2. The van der Waals surface area contributed by atoms with Gasteiger partial charge in [0.05, 0.1) is 24.0 Å². The molecule has 0 atom stereocenters. The summed E-state index contributed by atoms with van der Waals surface area (Å²) in [6.07, 6.45) is 3.26. The number of aromatic nitrogens is 2. The van der Waals surface area contributed by atoms with Gasteiger partial charge in [0, 0.05) is 18.4 Å². The van der Waals surface area contributed by atoms with Gasteiger partial charge in [0.25, 0.3) is 5.91 Å². The second-order valence-corrected chi connectivity index (χ2v) is 7.13. The van der Waals surface area contributed by atoms with Crippen LogP contribution >= 0.6 is 11.8 Å². The fourth-order valence-corrected chi connectivity index (χ4v) is 3.50. The number of hydrogen-bond donors (Lipinski definition) is 1. The first-order valence-electron chi connectivity index (χ1n) is 8.89. The number of nitrogens with one attached hydrogen (secondary N) is 1. The van der Waals surface area contributed by atoms with Gasteiger partial charge in [-0.3, -0.25) is 4.79 Å². The zero-order valence-electron chi connectivity index (χ0n) is 15.1. The summed E-state index contributed by atoms with van der Waals surface area (Å²) in [5.74, 6) is 2.96. The average molecular weight is 393 g/mol. The minimum Gasteiger partial charge on any atom is -0.468 e. The number of carbonyl (C=O) groups excluding carboxylic acids is 1. The Balaban J connectivity index is 1.45. The molecule has 0 aliphatic carbocycles. The Bertz CT molecular complexity index is 1010. The van der Waals surface area contributed by atoms with Crippen molar-refractivity contribution in [1.82, 2.24) is 15.1 Å². The first kappa shape index (κ1) is 18.2. The zero-order valence-corrected chi connectivity index (χ0v) is 15.9. The van der Waals surface area contributed by atoms with Gasteiger partial charge >= 0.3 is 0 Å². The Kier molecular flexibility index (Phi) is 5.63. The minimum atomic E-state index is -0.173. The highest BCUT2D eigenvalue weighted by Gasteiger charge is 2.18. The topological polar surface area (TPSA) is 73.2 Å². The number of thioether (sulfide) groups is 1. The van der Waals surface area contributed by atoms with Crippen LogP contribution in [0.15, 0.2) is 82.0 Å². The molecule has 28 heavy (non-hydrogen) atoms. The summed E-state index contributed by atoms with van der Waals surface area (Å²) in [5.41, 5.74) is 1.90. The van der Waals surface area contributed by atoms with Crippen molar-refractivity contribution in [3.8, 4) is 17.1 Å². The molecule has 0 aliphatic rings. The van der Waals surface area contributed by atoms with E-state index in [0.717, 1.165) is 23.0 Å². The van der Waals surface area contributed by atoms with Crippen molar-refractivity contribution in [3.05, 3.63) is 84.6 Å². The van der Waals surface area contributed by atoms with E-state index in [1.54, 1.807) is 41.1 Å². The molecule has 0 saturated heterocycles. The van der Waals surface area contributed by atoms with Crippen LogP contribution in [-0.2, 0) is 5.75 Å². The van der Waals surface area contributed by atoms with E-state index in [0.29, 0.717) is 23.7 Å². The first-order chi connectivity index (χ1) is 13.8. The van der Waals surface area contributed by atoms with Crippen LogP contribution < -0.4 is 5.32 Å². The van der Waals surface area contributed by atoms with E-state index in [4.69, 9.17) is 8.83 Å². The standard InChI is InChI=1S/C21H19N3O3S/c25-21(22-10-13-28-15-17-8-4-11-26-17)19-14-18(20-9-5-12-27-20)23-24(19)16-6-2-1-3-7-16/h1-9,11-12,14H,10,13,15H2,(H,22,25). The monoisotopic (exact) mass is 393 g/mol. The molecule has 4 rings (SSSR count). The molecule has 7 heteroatoms. The number of hydrogen-bond acceptors (Lipinski definition) is 5. The number of nitrogens with zero attached hydrogens (tertiary/aromatic N) is 2. The maximum Gasteiger partial charge on any atom is 0.270 e. The highest BCUT2D eigenvalue weighted by molar-refractivity contribution is 7.98. The molecule has 0 saturated carbocycles. The van der Waals surface area contributed by atoms with E-state index in [1.807, 2.05) is 48.5 Å². The molecule has 1 aromatic carbocycles. The van der Waals surface area contributed by atoms with Gasteiger partial charge in [-0.05, 0) is 36.4 Å². The summed E-state index contributed by atoms with van der Waals surface area (Å²) in [4.78, 5) is 12.8. The third kappa shape index (κ3) is 4.20. The van der Waals surface area contributed by atoms with E-state index in [9.17, 15) is 4.79 Å². The van der Waals surface area contributed by atoms with Crippen LogP contribution in [0.4, 0.5) is 0 Å². The molecule has 3 heterocycles. The third-order valence-corrected chi connectivity index (χ3v) is 5.05. The van der Waals surface area contributed by atoms with Crippen molar-refractivity contribution in [3.63, 3.8) is 0 Å². The number of benzene rings is 1. The summed E-state index contributed by atoms with van der Waals surface area (Å²) in [7, 11) is 0. The van der Waals surface area contributed by atoms with Gasteiger partial charge in [-0.2, -0.15) is 16.9 Å². The Hall–Kier alpha value is -3.19. The molecule has 142 valence electrons. The van der Waals surface area contributed by atoms with Crippen molar-refractivity contribution >= 4 is 17.7 Å². The number of amides is 1. The summed E-state index contributed by atoms with van der Waals surface area (Å²) >= 11 is 1.71. The second kappa shape index (κ2) is 8.67. The van der Waals surface area contributed by atoms with E-state index in [1.165, 1.54) is 0 Å². The Morgan fingerprint density at radius 1 is 1.04 bits per heavy atom. The molecular weight excluding hydrogens is 374 g/mol. The molecule has 0 aliphatic heterocycles. The summed E-state index contributed by atoms with van der Waals surface area (Å²) < 4.78 is 12.4. The van der Waals surface area contributed by atoms with Gasteiger partial charge in [-0.1, -0.05) is 18.2 Å². The van der Waals surface area contributed by atoms with E-state index in [2.05, 4.69) is 10.4 Å². The van der Waals surface area contributed by atoms with Crippen molar-refractivity contribution in [2.45, 2.75) is 5.75 Å². The van der Waals surface area contributed by atoms with Crippen LogP contribution in [0.2, 0.25) is 0 Å². The van der Waals surface area contributed by atoms with Crippen LogP contribution in [0.25, 0.3) is 17.1 Å². The van der Waals surface area contributed by atoms with Crippen LogP contribution in [0.3, 0.4) is 0 Å². The van der Waals surface area contributed by atoms with Crippen LogP contribution in [0, 0.1) is 0 Å². The molecule has 6 nitrogen and oxygen atoms in total. The zero-order chi connectivity index (χ0) is 19.2. The van der Waals surface area contributed by atoms with Gasteiger partial charge in [0.15, 0.2) is 5.76 Å². The maximum absolute atomic E-state index is 12.8. The number of carbonyl (C=O) groups is 1.